The smallest absolute Gasteiger partial charge is 0.224 e. The number of amides is 1. The number of anilines is 1. The Morgan fingerprint density at radius 2 is 2.00 bits per heavy atom. The van der Waals surface area contributed by atoms with Gasteiger partial charge in [0, 0.05) is 17.7 Å². The molecule has 0 aliphatic heterocycles. The second-order valence-corrected chi connectivity index (χ2v) is 3.49. The molecular formula is C12H15NO2. The summed E-state index contributed by atoms with van der Waals surface area (Å²) >= 11 is 0. The number of nitrogens with one attached hydrogen (secondary N) is 1. The maximum atomic E-state index is 11.2. The average molecular weight is 205 g/mol. The molecule has 0 unspecified atom stereocenters. The largest absolute Gasteiger partial charge is 0.326 e. The minimum absolute atomic E-state index is 0.00185. The zero-order valence-electron chi connectivity index (χ0n) is 9.26. The van der Waals surface area contributed by atoms with Gasteiger partial charge in [0.2, 0.25) is 5.91 Å². The second kappa shape index (κ2) is 4.73. The molecule has 0 radical (unpaired) electrons. The molecule has 80 valence electrons. The average Bonchev–Trinajstić information content (AvgIpc) is 2.20. The van der Waals surface area contributed by atoms with Crippen molar-refractivity contribution in [1.29, 1.82) is 0 Å². The fraction of sp³-hybridized carbons (Fsp3) is 0.333. The summed E-state index contributed by atoms with van der Waals surface area (Å²) in [5, 5.41) is 2.76. The number of hydrogen-bond acceptors (Lipinski definition) is 2. The molecule has 1 aromatic carbocycles. The highest BCUT2D eigenvalue weighted by atomic mass is 16.1. The van der Waals surface area contributed by atoms with E-state index in [2.05, 4.69) is 5.32 Å². The maximum absolute atomic E-state index is 11.2. The number of rotatable bonds is 3. The van der Waals surface area contributed by atoms with Gasteiger partial charge in [-0.2, -0.15) is 0 Å². The normalized spacial score (nSPS) is 9.80. The molecule has 1 aromatic rings. The zero-order chi connectivity index (χ0) is 11.4. The lowest BCUT2D eigenvalue weighted by molar-refractivity contribution is -0.115. The van der Waals surface area contributed by atoms with Crippen molar-refractivity contribution in [1.82, 2.24) is 0 Å². The van der Waals surface area contributed by atoms with Gasteiger partial charge < -0.3 is 5.32 Å². The Morgan fingerprint density at radius 1 is 1.33 bits per heavy atom. The first kappa shape index (κ1) is 11.4. The number of aryl methyl sites for hydroxylation is 1. The van der Waals surface area contributed by atoms with Crippen LogP contribution in [0, 0.1) is 6.92 Å². The standard InChI is InChI=1S/C12H15NO2/c1-4-12(15)13-11-7-10(9(3)14)6-5-8(11)2/h5-7H,4H2,1-3H3,(H,13,15). The van der Waals surface area contributed by atoms with Crippen LogP contribution in [0.2, 0.25) is 0 Å². The first-order valence-corrected chi connectivity index (χ1v) is 4.96. The third-order valence-electron chi connectivity index (χ3n) is 2.24. The van der Waals surface area contributed by atoms with E-state index in [1.54, 1.807) is 19.1 Å². The SMILES string of the molecule is CCC(=O)Nc1cc(C(C)=O)ccc1C. The number of benzene rings is 1. The molecule has 0 bridgehead atoms. The molecule has 1 N–H and O–H groups in total. The van der Waals surface area contributed by atoms with Crippen LogP contribution in [-0.4, -0.2) is 11.7 Å². The number of ketones is 1. The molecule has 0 spiro atoms. The Hall–Kier alpha value is -1.64. The van der Waals surface area contributed by atoms with Gasteiger partial charge in [-0.15, -0.1) is 0 Å². The molecule has 0 saturated carbocycles. The van der Waals surface area contributed by atoms with E-state index >= 15 is 0 Å². The predicted octanol–water partition coefficient (Wildman–Crippen LogP) is 2.55. The summed E-state index contributed by atoms with van der Waals surface area (Å²) in [6, 6.07) is 5.31. The van der Waals surface area contributed by atoms with Gasteiger partial charge in [0.05, 0.1) is 0 Å². The van der Waals surface area contributed by atoms with Gasteiger partial charge in [0.1, 0.15) is 0 Å². The fourth-order valence-corrected chi connectivity index (χ4v) is 1.21. The molecule has 3 heteroatoms. The molecule has 1 amide bonds. The Morgan fingerprint density at radius 3 is 2.53 bits per heavy atom. The summed E-state index contributed by atoms with van der Waals surface area (Å²) < 4.78 is 0. The van der Waals surface area contributed by atoms with Crippen molar-refractivity contribution in [3.63, 3.8) is 0 Å². The fourth-order valence-electron chi connectivity index (χ4n) is 1.21. The van der Waals surface area contributed by atoms with Crippen molar-refractivity contribution in [3.05, 3.63) is 29.3 Å². The van der Waals surface area contributed by atoms with Gasteiger partial charge in [-0.3, -0.25) is 9.59 Å². The van der Waals surface area contributed by atoms with E-state index in [0.717, 1.165) is 11.3 Å². The van der Waals surface area contributed by atoms with Crippen LogP contribution in [0.3, 0.4) is 0 Å². The Bertz CT molecular complexity index is 397. The van der Waals surface area contributed by atoms with E-state index in [9.17, 15) is 9.59 Å². The predicted molar refractivity (Wildman–Crippen MR) is 60.1 cm³/mol. The summed E-state index contributed by atoms with van der Waals surface area (Å²) in [7, 11) is 0. The van der Waals surface area contributed by atoms with E-state index in [1.807, 2.05) is 13.0 Å². The molecule has 0 atom stereocenters. The minimum Gasteiger partial charge on any atom is -0.326 e. The summed E-state index contributed by atoms with van der Waals surface area (Å²) in [6.07, 6.45) is 0.434. The van der Waals surface area contributed by atoms with Crippen LogP contribution in [0.5, 0.6) is 0 Å². The third-order valence-corrected chi connectivity index (χ3v) is 2.24. The Balaban J connectivity index is 3.00. The van der Waals surface area contributed by atoms with Crippen molar-refractivity contribution in [2.45, 2.75) is 27.2 Å². The van der Waals surface area contributed by atoms with Gasteiger partial charge in [-0.05, 0) is 25.5 Å². The topological polar surface area (TPSA) is 46.2 Å². The molecule has 0 aliphatic carbocycles. The molecule has 3 nitrogen and oxygen atoms in total. The van der Waals surface area contributed by atoms with Crippen molar-refractivity contribution < 1.29 is 9.59 Å². The van der Waals surface area contributed by atoms with Gasteiger partial charge >= 0.3 is 0 Å². The van der Waals surface area contributed by atoms with E-state index in [-0.39, 0.29) is 11.7 Å². The first-order chi connectivity index (χ1) is 7.04. The number of carbonyl (C=O) groups is 2. The van der Waals surface area contributed by atoms with Gasteiger partial charge in [0.25, 0.3) is 0 Å². The summed E-state index contributed by atoms with van der Waals surface area (Å²) in [5.74, 6) is -0.0409. The van der Waals surface area contributed by atoms with Crippen molar-refractivity contribution in [2.24, 2.45) is 0 Å². The van der Waals surface area contributed by atoms with Crippen LogP contribution in [0.15, 0.2) is 18.2 Å². The zero-order valence-corrected chi connectivity index (χ0v) is 9.26. The molecule has 0 saturated heterocycles. The number of carbonyl (C=O) groups excluding carboxylic acids is 2. The van der Waals surface area contributed by atoms with Crippen LogP contribution in [-0.2, 0) is 4.79 Å². The van der Waals surface area contributed by atoms with Crippen molar-refractivity contribution >= 4 is 17.4 Å². The van der Waals surface area contributed by atoms with Crippen LogP contribution in [0.4, 0.5) is 5.69 Å². The van der Waals surface area contributed by atoms with E-state index in [1.165, 1.54) is 6.92 Å². The van der Waals surface area contributed by atoms with Crippen LogP contribution < -0.4 is 5.32 Å². The van der Waals surface area contributed by atoms with Gasteiger partial charge in [-0.25, -0.2) is 0 Å². The molecule has 0 fully saturated rings. The summed E-state index contributed by atoms with van der Waals surface area (Å²) in [5.41, 5.74) is 2.29. The maximum Gasteiger partial charge on any atom is 0.224 e. The lowest BCUT2D eigenvalue weighted by Crippen LogP contribution is -2.11. The number of hydrogen-bond donors (Lipinski definition) is 1. The van der Waals surface area contributed by atoms with E-state index < -0.39 is 0 Å². The molecule has 0 aliphatic rings. The third kappa shape index (κ3) is 2.91. The minimum atomic E-state index is -0.0428. The lowest BCUT2D eigenvalue weighted by Gasteiger charge is -2.08. The second-order valence-electron chi connectivity index (χ2n) is 3.49. The summed E-state index contributed by atoms with van der Waals surface area (Å²) in [4.78, 5) is 22.4. The van der Waals surface area contributed by atoms with Crippen molar-refractivity contribution in [3.8, 4) is 0 Å². The van der Waals surface area contributed by atoms with Gasteiger partial charge in [-0.1, -0.05) is 19.1 Å². The molecule has 0 heterocycles. The van der Waals surface area contributed by atoms with Gasteiger partial charge in [0.15, 0.2) is 5.78 Å². The van der Waals surface area contributed by atoms with Crippen LogP contribution in [0.25, 0.3) is 0 Å². The monoisotopic (exact) mass is 205 g/mol. The highest BCUT2D eigenvalue weighted by Crippen LogP contribution is 2.17. The molecule has 15 heavy (non-hydrogen) atoms. The first-order valence-electron chi connectivity index (χ1n) is 4.96. The quantitative estimate of drug-likeness (QED) is 0.771. The lowest BCUT2D eigenvalue weighted by atomic mass is 10.1. The Kier molecular flexibility index (Phi) is 3.61. The Labute approximate surface area is 89.5 Å². The van der Waals surface area contributed by atoms with E-state index in [4.69, 9.17) is 0 Å². The highest BCUT2D eigenvalue weighted by molar-refractivity contribution is 5.97. The molecular weight excluding hydrogens is 190 g/mol. The van der Waals surface area contributed by atoms with Crippen LogP contribution >= 0.6 is 0 Å². The van der Waals surface area contributed by atoms with Crippen molar-refractivity contribution in [2.75, 3.05) is 5.32 Å². The van der Waals surface area contributed by atoms with E-state index in [0.29, 0.717) is 12.0 Å². The van der Waals surface area contributed by atoms with Crippen LogP contribution in [0.1, 0.15) is 36.2 Å². The molecule has 1 rings (SSSR count). The number of Topliss-reactive ketones (excluding diaryl/α,β-unsaturated/α-hetero) is 1. The summed E-state index contributed by atoms with van der Waals surface area (Å²) in [6.45, 7) is 5.20. The molecule has 0 aromatic heterocycles. The highest BCUT2D eigenvalue weighted by Gasteiger charge is 2.05.